The molecule has 0 radical (unpaired) electrons. The summed E-state index contributed by atoms with van der Waals surface area (Å²) in [4.78, 5) is 21.7. The van der Waals surface area contributed by atoms with Crippen molar-refractivity contribution in [3.8, 4) is 21.9 Å². The van der Waals surface area contributed by atoms with Gasteiger partial charge in [0, 0.05) is 12.3 Å². The van der Waals surface area contributed by atoms with Gasteiger partial charge in [-0.25, -0.2) is 4.98 Å². The lowest BCUT2D eigenvalue weighted by atomic mass is 10.1. The van der Waals surface area contributed by atoms with Gasteiger partial charge < -0.3 is 20.5 Å². The minimum atomic E-state index is -0.370. The summed E-state index contributed by atoms with van der Waals surface area (Å²) in [6.07, 6.45) is 3.25. The molecule has 1 aromatic carbocycles. The Kier molecular flexibility index (Phi) is 3.95. The van der Waals surface area contributed by atoms with Gasteiger partial charge in [0.15, 0.2) is 11.5 Å². The molecule has 1 aliphatic heterocycles. The highest BCUT2D eigenvalue weighted by Gasteiger charge is 2.17. The summed E-state index contributed by atoms with van der Waals surface area (Å²) in [6.45, 7) is 0.920. The summed E-state index contributed by atoms with van der Waals surface area (Å²) in [5.41, 5.74) is 9.89. The van der Waals surface area contributed by atoms with E-state index in [1.165, 1.54) is 17.5 Å². The molecule has 3 N–H and O–H groups in total. The van der Waals surface area contributed by atoms with Crippen LogP contribution in [-0.2, 0) is 0 Å². The van der Waals surface area contributed by atoms with E-state index in [-0.39, 0.29) is 11.6 Å². The van der Waals surface area contributed by atoms with Crippen LogP contribution in [0.1, 0.15) is 10.5 Å². The molecule has 126 valence electrons. The fourth-order valence-electron chi connectivity index (χ4n) is 2.44. The molecule has 4 rings (SSSR count). The van der Waals surface area contributed by atoms with E-state index in [0.29, 0.717) is 36.1 Å². The van der Waals surface area contributed by atoms with Gasteiger partial charge in [0.2, 0.25) is 0 Å². The van der Waals surface area contributed by atoms with Crippen molar-refractivity contribution in [3.05, 3.63) is 47.9 Å². The maximum absolute atomic E-state index is 12.5. The van der Waals surface area contributed by atoms with Gasteiger partial charge in [-0.15, -0.1) is 11.3 Å². The Bertz CT molecular complexity index is 928. The summed E-state index contributed by atoms with van der Waals surface area (Å²) in [6, 6.07) is 7.02. The topological polar surface area (TPSA) is 99.4 Å². The highest BCUT2D eigenvalue weighted by Crippen LogP contribution is 2.31. The van der Waals surface area contributed by atoms with E-state index >= 15 is 0 Å². The molecule has 3 aromatic rings. The van der Waals surface area contributed by atoms with Crippen molar-refractivity contribution in [1.82, 2.24) is 9.97 Å². The minimum Gasteiger partial charge on any atom is -0.486 e. The van der Waals surface area contributed by atoms with Gasteiger partial charge in [0.05, 0.1) is 28.0 Å². The molecular weight excluding hydrogens is 340 g/mol. The lowest BCUT2D eigenvalue weighted by Gasteiger charge is -2.18. The van der Waals surface area contributed by atoms with Crippen LogP contribution in [0.4, 0.5) is 11.4 Å². The van der Waals surface area contributed by atoms with E-state index in [1.54, 1.807) is 23.8 Å². The monoisotopic (exact) mass is 354 g/mol. The fraction of sp³-hybridized carbons (Fsp3) is 0.118. The van der Waals surface area contributed by atoms with Gasteiger partial charge in [-0.3, -0.25) is 9.78 Å². The number of fused-ring (bicyclic) bond motifs is 1. The Morgan fingerprint density at radius 1 is 1.16 bits per heavy atom. The molecule has 0 saturated heterocycles. The summed E-state index contributed by atoms with van der Waals surface area (Å²) in [5, 5.41) is 2.80. The average molecular weight is 354 g/mol. The summed E-state index contributed by atoms with van der Waals surface area (Å²) >= 11 is 1.51. The second-order valence-electron chi connectivity index (χ2n) is 5.34. The first-order valence-corrected chi connectivity index (χ1v) is 8.44. The molecule has 0 unspecified atom stereocenters. The first-order chi connectivity index (χ1) is 12.2. The third kappa shape index (κ3) is 3.11. The number of hydrogen-bond acceptors (Lipinski definition) is 7. The second-order valence-corrected chi connectivity index (χ2v) is 6.22. The number of amides is 1. The number of carbonyl (C=O) groups excluding carboxylic acids is 1. The zero-order valence-corrected chi connectivity index (χ0v) is 13.9. The lowest BCUT2D eigenvalue weighted by Crippen LogP contribution is -2.18. The summed E-state index contributed by atoms with van der Waals surface area (Å²) < 4.78 is 10.9. The Balaban J connectivity index is 1.59. The Morgan fingerprint density at radius 3 is 2.80 bits per heavy atom. The largest absolute Gasteiger partial charge is 0.486 e. The number of carbonyl (C=O) groups is 1. The smallest absolute Gasteiger partial charge is 0.274 e. The fourth-order valence-corrected chi connectivity index (χ4v) is 3.06. The molecule has 3 heterocycles. The third-order valence-electron chi connectivity index (χ3n) is 3.68. The van der Waals surface area contributed by atoms with Crippen LogP contribution in [0.25, 0.3) is 10.4 Å². The van der Waals surface area contributed by atoms with E-state index in [0.717, 1.165) is 10.4 Å². The number of nitrogen functional groups attached to an aromatic ring is 1. The molecule has 25 heavy (non-hydrogen) atoms. The molecule has 8 heteroatoms. The van der Waals surface area contributed by atoms with Gasteiger partial charge in [0.25, 0.3) is 5.91 Å². The van der Waals surface area contributed by atoms with E-state index in [9.17, 15) is 4.79 Å². The number of pyridine rings is 1. The molecule has 1 aliphatic rings. The van der Waals surface area contributed by atoms with E-state index in [2.05, 4.69) is 15.3 Å². The number of benzene rings is 1. The first kappa shape index (κ1) is 15.4. The molecule has 0 atom stereocenters. The molecular formula is C17H14N4O3S. The SMILES string of the molecule is Nc1ccc(-c2cncs2)cc1NC(=O)c1cc2c(cn1)OCCO2. The third-order valence-corrected chi connectivity index (χ3v) is 4.50. The molecule has 2 aromatic heterocycles. The Morgan fingerprint density at radius 2 is 2.00 bits per heavy atom. The molecule has 0 saturated carbocycles. The maximum atomic E-state index is 12.5. The van der Waals surface area contributed by atoms with Crippen LogP contribution in [0.15, 0.2) is 42.2 Å². The number of hydrogen-bond donors (Lipinski definition) is 2. The molecule has 0 bridgehead atoms. The van der Waals surface area contributed by atoms with Crippen molar-refractivity contribution in [2.24, 2.45) is 0 Å². The molecule has 7 nitrogen and oxygen atoms in total. The van der Waals surface area contributed by atoms with E-state index in [4.69, 9.17) is 15.2 Å². The molecule has 1 amide bonds. The van der Waals surface area contributed by atoms with Crippen LogP contribution in [0.5, 0.6) is 11.5 Å². The van der Waals surface area contributed by atoms with E-state index in [1.807, 2.05) is 12.1 Å². The normalized spacial score (nSPS) is 12.6. The predicted octanol–water partition coefficient (Wildman–Crippen LogP) is 2.81. The van der Waals surface area contributed by atoms with Crippen molar-refractivity contribution >= 4 is 28.6 Å². The highest BCUT2D eigenvalue weighted by molar-refractivity contribution is 7.13. The summed E-state index contributed by atoms with van der Waals surface area (Å²) in [5.74, 6) is 0.678. The van der Waals surface area contributed by atoms with Crippen molar-refractivity contribution in [2.45, 2.75) is 0 Å². The maximum Gasteiger partial charge on any atom is 0.274 e. The zero-order valence-electron chi connectivity index (χ0n) is 13.1. The first-order valence-electron chi connectivity index (χ1n) is 7.56. The number of nitrogens with one attached hydrogen (secondary N) is 1. The van der Waals surface area contributed by atoms with Crippen LogP contribution >= 0.6 is 11.3 Å². The number of thiazole rings is 1. The van der Waals surface area contributed by atoms with Crippen LogP contribution in [0.3, 0.4) is 0 Å². The second kappa shape index (κ2) is 6.40. The van der Waals surface area contributed by atoms with Crippen LogP contribution in [-0.4, -0.2) is 29.1 Å². The Labute approximate surface area is 147 Å². The van der Waals surface area contributed by atoms with Gasteiger partial charge in [-0.05, 0) is 17.7 Å². The standard InChI is InChI=1S/C17H14N4O3S/c18-11-2-1-10(16-8-19-9-25-16)5-12(11)21-17(22)13-6-14-15(7-20-13)24-4-3-23-14/h1-2,5-9H,3-4,18H2,(H,21,22). The quantitative estimate of drug-likeness (QED) is 0.702. The summed E-state index contributed by atoms with van der Waals surface area (Å²) in [7, 11) is 0. The van der Waals surface area contributed by atoms with E-state index < -0.39 is 0 Å². The van der Waals surface area contributed by atoms with Gasteiger partial charge in [-0.1, -0.05) is 6.07 Å². The van der Waals surface area contributed by atoms with Crippen molar-refractivity contribution in [2.75, 3.05) is 24.3 Å². The minimum absolute atomic E-state index is 0.229. The average Bonchev–Trinajstić information content (AvgIpc) is 3.18. The van der Waals surface area contributed by atoms with Crippen LogP contribution in [0.2, 0.25) is 0 Å². The van der Waals surface area contributed by atoms with Gasteiger partial charge in [-0.2, -0.15) is 0 Å². The number of aromatic nitrogens is 2. The Hall–Kier alpha value is -3.13. The predicted molar refractivity (Wildman–Crippen MR) is 95.1 cm³/mol. The lowest BCUT2D eigenvalue weighted by molar-refractivity contribution is 0.102. The van der Waals surface area contributed by atoms with Crippen LogP contribution in [0, 0.1) is 0 Å². The number of nitrogens with zero attached hydrogens (tertiary/aromatic N) is 2. The number of rotatable bonds is 3. The van der Waals surface area contributed by atoms with Gasteiger partial charge in [0.1, 0.15) is 18.9 Å². The number of nitrogens with two attached hydrogens (primary N) is 1. The van der Waals surface area contributed by atoms with Crippen molar-refractivity contribution in [3.63, 3.8) is 0 Å². The zero-order chi connectivity index (χ0) is 17.2. The molecule has 0 spiro atoms. The van der Waals surface area contributed by atoms with Crippen molar-refractivity contribution < 1.29 is 14.3 Å². The number of ether oxygens (including phenoxy) is 2. The van der Waals surface area contributed by atoms with Crippen LogP contribution < -0.4 is 20.5 Å². The highest BCUT2D eigenvalue weighted by atomic mass is 32.1. The molecule has 0 fully saturated rings. The van der Waals surface area contributed by atoms with Gasteiger partial charge >= 0.3 is 0 Å². The molecule has 0 aliphatic carbocycles. The van der Waals surface area contributed by atoms with Crippen molar-refractivity contribution in [1.29, 1.82) is 0 Å². The number of anilines is 2.